The minimum atomic E-state index is -3.45. The van der Waals surface area contributed by atoms with E-state index in [1.54, 1.807) is 30.3 Å². The van der Waals surface area contributed by atoms with Crippen LogP contribution in [-0.2, 0) is 24.3 Å². The van der Waals surface area contributed by atoms with Gasteiger partial charge in [0.2, 0.25) is 15.8 Å². The summed E-state index contributed by atoms with van der Waals surface area (Å²) in [6.07, 6.45) is 15.3. The van der Waals surface area contributed by atoms with Crippen LogP contribution in [0.25, 0.3) is 0 Å². The lowest BCUT2D eigenvalue weighted by Crippen LogP contribution is -2.27. The summed E-state index contributed by atoms with van der Waals surface area (Å²) in [7, 11) is -1.97. The van der Waals surface area contributed by atoms with Crippen molar-refractivity contribution < 1.29 is 22.7 Å². The lowest BCUT2D eigenvalue weighted by molar-refractivity contribution is -0.137. The van der Waals surface area contributed by atoms with Gasteiger partial charge in [0.25, 0.3) is 5.91 Å². The second-order valence-corrected chi connectivity index (χ2v) is 9.72. The van der Waals surface area contributed by atoms with E-state index in [4.69, 9.17) is 4.74 Å². The van der Waals surface area contributed by atoms with Crippen molar-refractivity contribution in [3.05, 3.63) is 42.5 Å². The Kier molecular flexibility index (Phi) is 16.2. The summed E-state index contributed by atoms with van der Waals surface area (Å²) in [5.41, 5.74) is 0. The number of allylic oxidation sites excluding steroid dienone is 2. The van der Waals surface area contributed by atoms with E-state index in [9.17, 15) is 18.0 Å². The number of ether oxygens (including phenoxy) is 1. The summed E-state index contributed by atoms with van der Waals surface area (Å²) in [6.45, 7) is 1.31. The van der Waals surface area contributed by atoms with Gasteiger partial charge in [0.05, 0.1) is 11.5 Å². The number of sulfonamides is 1. The van der Waals surface area contributed by atoms with Gasteiger partial charge in [-0.15, -0.1) is 0 Å². The standard InChI is InChI=1S/C25H40N2O5S/c1-26-25(29)24(28)19-15-10-8-6-4-2-3-5-7-9-11-16-21-32-22-20-27-33(30,31)23-17-13-12-14-18-23/h2,4,12-14,17-18,27H,3,5-11,15-16,19-22H2,1H3,(H,26,29)/b4-2-. The minimum absolute atomic E-state index is 0.270. The predicted octanol–water partition coefficient (Wildman–Crippen LogP) is 4.14. The summed E-state index contributed by atoms with van der Waals surface area (Å²) < 4.78 is 32.2. The van der Waals surface area contributed by atoms with Gasteiger partial charge in [-0.25, -0.2) is 13.1 Å². The molecule has 0 saturated carbocycles. The van der Waals surface area contributed by atoms with E-state index in [1.807, 2.05) is 0 Å². The molecule has 1 aromatic carbocycles. The number of benzene rings is 1. The maximum absolute atomic E-state index is 12.1. The van der Waals surface area contributed by atoms with Crippen molar-refractivity contribution in [1.82, 2.24) is 10.0 Å². The number of rotatable bonds is 20. The van der Waals surface area contributed by atoms with E-state index >= 15 is 0 Å². The molecular weight excluding hydrogens is 440 g/mol. The van der Waals surface area contributed by atoms with Crippen molar-refractivity contribution in [3.8, 4) is 0 Å². The smallest absolute Gasteiger partial charge is 0.287 e. The van der Waals surface area contributed by atoms with Crippen LogP contribution in [0.15, 0.2) is 47.4 Å². The van der Waals surface area contributed by atoms with Crippen LogP contribution >= 0.6 is 0 Å². The minimum Gasteiger partial charge on any atom is -0.380 e. The Hall–Kier alpha value is -2.03. The highest BCUT2D eigenvalue weighted by atomic mass is 32.2. The van der Waals surface area contributed by atoms with Gasteiger partial charge in [-0.1, -0.05) is 56.0 Å². The molecule has 2 N–H and O–H groups in total. The molecule has 0 radical (unpaired) electrons. The number of unbranched alkanes of at least 4 members (excludes halogenated alkanes) is 8. The third-order valence-corrected chi connectivity index (χ3v) is 6.65. The van der Waals surface area contributed by atoms with Crippen molar-refractivity contribution in [3.63, 3.8) is 0 Å². The third-order valence-electron chi connectivity index (χ3n) is 5.17. The first kappa shape index (κ1) is 29.0. The van der Waals surface area contributed by atoms with Gasteiger partial charge in [0, 0.05) is 26.6 Å². The van der Waals surface area contributed by atoms with Crippen LogP contribution < -0.4 is 10.0 Å². The monoisotopic (exact) mass is 480 g/mol. The molecule has 33 heavy (non-hydrogen) atoms. The normalized spacial score (nSPS) is 11.7. The summed E-state index contributed by atoms with van der Waals surface area (Å²) in [4.78, 5) is 22.7. The highest BCUT2D eigenvalue weighted by Crippen LogP contribution is 2.09. The van der Waals surface area contributed by atoms with Gasteiger partial charge in [0.1, 0.15) is 0 Å². The number of likely N-dealkylation sites (N-methyl/N-ethyl adjacent to an activating group) is 1. The Morgan fingerprint density at radius 1 is 0.848 bits per heavy atom. The number of carbonyl (C=O) groups excluding carboxylic acids is 2. The first-order chi connectivity index (χ1) is 16.0. The van der Waals surface area contributed by atoms with Crippen molar-refractivity contribution in [2.45, 2.75) is 75.5 Å². The molecule has 0 unspecified atom stereocenters. The number of amides is 1. The van der Waals surface area contributed by atoms with Crippen LogP contribution in [0.1, 0.15) is 70.6 Å². The number of Topliss-reactive ketones (excluding diaryl/α,β-unsaturated/α-hetero) is 1. The molecule has 0 spiro atoms. The number of hydrogen-bond donors (Lipinski definition) is 2. The molecule has 0 aromatic heterocycles. The number of carbonyl (C=O) groups is 2. The number of nitrogens with one attached hydrogen (secondary N) is 2. The Labute approximate surface area is 199 Å². The fourth-order valence-corrected chi connectivity index (χ4v) is 4.28. The van der Waals surface area contributed by atoms with E-state index < -0.39 is 15.9 Å². The molecule has 186 valence electrons. The summed E-state index contributed by atoms with van der Waals surface area (Å²) in [6, 6.07) is 8.33. The molecule has 0 heterocycles. The molecule has 0 aliphatic heterocycles. The second kappa shape index (κ2) is 18.4. The Morgan fingerprint density at radius 3 is 2.12 bits per heavy atom. The molecule has 0 saturated heterocycles. The van der Waals surface area contributed by atoms with Crippen LogP contribution in [-0.4, -0.2) is 46.9 Å². The van der Waals surface area contributed by atoms with Crippen molar-refractivity contribution in [2.75, 3.05) is 26.8 Å². The highest BCUT2D eigenvalue weighted by molar-refractivity contribution is 7.89. The van der Waals surface area contributed by atoms with Crippen molar-refractivity contribution in [2.24, 2.45) is 0 Å². The van der Waals surface area contributed by atoms with Crippen LogP contribution in [0.4, 0.5) is 0 Å². The SMILES string of the molecule is CNC(=O)C(=O)CCCCC/C=C\CCCCCCCOCCNS(=O)(=O)c1ccccc1. The van der Waals surface area contributed by atoms with E-state index in [0.717, 1.165) is 44.9 Å². The van der Waals surface area contributed by atoms with E-state index in [-0.39, 0.29) is 17.2 Å². The number of ketones is 1. The van der Waals surface area contributed by atoms with Crippen molar-refractivity contribution in [1.29, 1.82) is 0 Å². The zero-order valence-electron chi connectivity index (χ0n) is 19.9. The quantitative estimate of drug-likeness (QED) is 0.166. The third kappa shape index (κ3) is 14.7. The molecule has 0 bridgehead atoms. The molecule has 0 aliphatic rings. The highest BCUT2D eigenvalue weighted by Gasteiger charge is 2.12. The number of hydrogen-bond acceptors (Lipinski definition) is 5. The molecule has 0 aliphatic carbocycles. The van der Waals surface area contributed by atoms with Crippen LogP contribution in [0.2, 0.25) is 0 Å². The molecule has 7 nitrogen and oxygen atoms in total. The van der Waals surface area contributed by atoms with Gasteiger partial charge in [-0.05, 0) is 50.7 Å². The first-order valence-corrected chi connectivity index (χ1v) is 13.5. The molecule has 1 amide bonds. The maximum atomic E-state index is 12.1. The molecule has 1 aromatic rings. The van der Waals surface area contributed by atoms with E-state index in [2.05, 4.69) is 22.2 Å². The Morgan fingerprint density at radius 2 is 1.45 bits per heavy atom. The topological polar surface area (TPSA) is 102 Å². The maximum Gasteiger partial charge on any atom is 0.287 e. The van der Waals surface area contributed by atoms with E-state index in [0.29, 0.717) is 19.6 Å². The molecular formula is C25H40N2O5S. The van der Waals surface area contributed by atoms with Gasteiger partial charge in [0.15, 0.2) is 0 Å². The Bertz CT molecular complexity index is 794. The predicted molar refractivity (Wildman–Crippen MR) is 131 cm³/mol. The lowest BCUT2D eigenvalue weighted by Gasteiger charge is -2.07. The fourth-order valence-electron chi connectivity index (χ4n) is 3.24. The second-order valence-electron chi connectivity index (χ2n) is 7.95. The summed E-state index contributed by atoms with van der Waals surface area (Å²) in [5.74, 6) is -0.821. The molecule has 8 heteroatoms. The van der Waals surface area contributed by atoms with Gasteiger partial charge in [-0.2, -0.15) is 0 Å². The van der Waals surface area contributed by atoms with Gasteiger partial charge < -0.3 is 10.1 Å². The lowest BCUT2D eigenvalue weighted by atomic mass is 10.1. The average molecular weight is 481 g/mol. The van der Waals surface area contributed by atoms with Crippen LogP contribution in [0, 0.1) is 0 Å². The Balaban J connectivity index is 1.85. The zero-order chi connectivity index (χ0) is 24.2. The first-order valence-electron chi connectivity index (χ1n) is 12.0. The van der Waals surface area contributed by atoms with Crippen molar-refractivity contribution >= 4 is 21.7 Å². The van der Waals surface area contributed by atoms with Gasteiger partial charge >= 0.3 is 0 Å². The molecule has 0 atom stereocenters. The summed E-state index contributed by atoms with van der Waals surface area (Å²) >= 11 is 0. The largest absolute Gasteiger partial charge is 0.380 e. The average Bonchev–Trinajstić information content (AvgIpc) is 2.83. The zero-order valence-corrected chi connectivity index (χ0v) is 20.7. The summed E-state index contributed by atoms with van der Waals surface area (Å²) in [5, 5.41) is 2.35. The van der Waals surface area contributed by atoms with Crippen LogP contribution in [0.5, 0.6) is 0 Å². The van der Waals surface area contributed by atoms with Gasteiger partial charge in [-0.3, -0.25) is 9.59 Å². The van der Waals surface area contributed by atoms with Crippen LogP contribution in [0.3, 0.4) is 0 Å². The molecule has 1 rings (SSSR count). The van der Waals surface area contributed by atoms with E-state index in [1.165, 1.54) is 26.3 Å². The fraction of sp³-hybridized carbons (Fsp3) is 0.600. The molecule has 0 fully saturated rings.